The van der Waals surface area contributed by atoms with Crippen LogP contribution in [0.15, 0.2) is 18.5 Å². The van der Waals surface area contributed by atoms with E-state index in [1.54, 1.807) is 12.4 Å². The van der Waals surface area contributed by atoms with Gasteiger partial charge in [-0.2, -0.15) is 0 Å². The minimum Gasteiger partial charge on any atom is -0.339 e. The summed E-state index contributed by atoms with van der Waals surface area (Å²) >= 11 is 1.53. The van der Waals surface area contributed by atoms with Crippen LogP contribution in [0.3, 0.4) is 0 Å². The van der Waals surface area contributed by atoms with E-state index in [4.69, 9.17) is 0 Å². The van der Waals surface area contributed by atoms with Crippen molar-refractivity contribution in [1.29, 1.82) is 0 Å². The predicted octanol–water partition coefficient (Wildman–Crippen LogP) is 2.72. The molecule has 2 aromatic heterocycles. The third kappa shape index (κ3) is 3.56. The fraction of sp³-hybridized carbons (Fsp3) is 0.529. The molecule has 3 heterocycles. The molecule has 6 nitrogen and oxygen atoms in total. The number of aryl methyl sites for hydroxylation is 1. The van der Waals surface area contributed by atoms with Crippen LogP contribution in [0.1, 0.15) is 46.6 Å². The third-order valence-corrected chi connectivity index (χ3v) is 5.57. The van der Waals surface area contributed by atoms with Gasteiger partial charge in [0.1, 0.15) is 4.88 Å². The molecule has 0 spiro atoms. The Morgan fingerprint density at radius 3 is 2.58 bits per heavy atom. The Hall–Kier alpha value is -2.02. The molecule has 0 bridgehead atoms. The summed E-state index contributed by atoms with van der Waals surface area (Å²) < 4.78 is 0. The lowest BCUT2D eigenvalue weighted by atomic mass is 10.2. The summed E-state index contributed by atoms with van der Waals surface area (Å²) in [6.45, 7) is 9.21. The highest BCUT2D eigenvalue weighted by molar-refractivity contribution is 7.13. The number of carbonyl (C=O) groups excluding carboxylic acids is 1. The second-order valence-electron chi connectivity index (χ2n) is 6.30. The van der Waals surface area contributed by atoms with Crippen molar-refractivity contribution >= 4 is 23.2 Å². The molecule has 1 saturated heterocycles. The van der Waals surface area contributed by atoms with E-state index in [1.807, 2.05) is 17.9 Å². The summed E-state index contributed by atoms with van der Waals surface area (Å²) in [7, 11) is 0. The topological polar surface area (TPSA) is 62.2 Å². The van der Waals surface area contributed by atoms with Crippen LogP contribution < -0.4 is 4.90 Å². The van der Waals surface area contributed by atoms with E-state index in [0.717, 1.165) is 47.6 Å². The molecule has 1 aliphatic heterocycles. The monoisotopic (exact) mass is 345 g/mol. The highest BCUT2D eigenvalue weighted by Crippen LogP contribution is 2.26. The molecule has 0 aromatic carbocycles. The van der Waals surface area contributed by atoms with E-state index in [1.165, 1.54) is 11.3 Å². The summed E-state index contributed by atoms with van der Waals surface area (Å²) in [5, 5.41) is 1.03. The number of hydrogen-bond donors (Lipinski definition) is 0. The van der Waals surface area contributed by atoms with E-state index >= 15 is 0 Å². The van der Waals surface area contributed by atoms with Gasteiger partial charge in [0.25, 0.3) is 5.91 Å². The van der Waals surface area contributed by atoms with E-state index in [0.29, 0.717) is 12.5 Å². The van der Waals surface area contributed by atoms with Gasteiger partial charge in [-0.15, -0.1) is 11.3 Å². The van der Waals surface area contributed by atoms with Crippen molar-refractivity contribution in [3.8, 4) is 0 Å². The Morgan fingerprint density at radius 1 is 1.17 bits per heavy atom. The van der Waals surface area contributed by atoms with Gasteiger partial charge < -0.3 is 9.80 Å². The second-order valence-corrected chi connectivity index (χ2v) is 7.33. The quantitative estimate of drug-likeness (QED) is 0.856. The van der Waals surface area contributed by atoms with Gasteiger partial charge in [0.15, 0.2) is 0 Å². The molecule has 1 aliphatic rings. The summed E-state index contributed by atoms with van der Waals surface area (Å²) in [5.74, 6) is 1.20. The molecule has 0 atom stereocenters. The largest absolute Gasteiger partial charge is 0.339 e. The number of anilines is 1. The Balaban J connectivity index is 1.71. The molecule has 2 aromatic rings. The average molecular weight is 345 g/mol. The number of carbonyl (C=O) groups is 1. The number of rotatable bonds is 3. The van der Waals surface area contributed by atoms with Gasteiger partial charge in [0.2, 0.25) is 5.95 Å². The van der Waals surface area contributed by atoms with Crippen LogP contribution in [0, 0.1) is 6.92 Å². The van der Waals surface area contributed by atoms with Crippen molar-refractivity contribution in [2.75, 3.05) is 31.1 Å². The van der Waals surface area contributed by atoms with E-state index in [-0.39, 0.29) is 5.91 Å². The summed E-state index contributed by atoms with van der Waals surface area (Å²) in [6.07, 6.45) is 4.42. The summed E-state index contributed by atoms with van der Waals surface area (Å²) in [5.41, 5.74) is 0.848. The average Bonchev–Trinajstić information content (AvgIpc) is 2.82. The van der Waals surface area contributed by atoms with Crippen LogP contribution in [0.5, 0.6) is 0 Å². The highest BCUT2D eigenvalue weighted by Gasteiger charge is 2.25. The SMILES string of the molecule is Cc1nc(C(C)C)sc1C(=O)N1CCCN(c2ncccn2)CC1. The molecule has 0 N–H and O–H groups in total. The van der Waals surface area contributed by atoms with Crippen molar-refractivity contribution in [3.63, 3.8) is 0 Å². The van der Waals surface area contributed by atoms with Crippen molar-refractivity contribution < 1.29 is 4.79 Å². The molecule has 128 valence electrons. The molecule has 24 heavy (non-hydrogen) atoms. The maximum Gasteiger partial charge on any atom is 0.265 e. The molecule has 7 heteroatoms. The molecule has 1 amide bonds. The summed E-state index contributed by atoms with van der Waals surface area (Å²) in [6, 6.07) is 1.82. The first-order valence-corrected chi connectivity index (χ1v) is 9.16. The second kappa shape index (κ2) is 7.25. The minimum atomic E-state index is 0.104. The van der Waals surface area contributed by atoms with Crippen LogP contribution in [0.25, 0.3) is 0 Å². The van der Waals surface area contributed by atoms with Gasteiger partial charge >= 0.3 is 0 Å². The van der Waals surface area contributed by atoms with Crippen molar-refractivity contribution in [3.05, 3.63) is 34.0 Å². The first-order valence-electron chi connectivity index (χ1n) is 8.35. The zero-order chi connectivity index (χ0) is 17.1. The van der Waals surface area contributed by atoms with Crippen molar-refractivity contribution in [2.45, 2.75) is 33.1 Å². The van der Waals surface area contributed by atoms with E-state index < -0.39 is 0 Å². The standard InChI is InChI=1S/C17H23N5OS/c1-12(2)15-20-13(3)14(24-15)16(23)21-8-5-9-22(11-10-21)17-18-6-4-7-19-17/h4,6-7,12H,5,8-11H2,1-3H3. The molecule has 0 radical (unpaired) electrons. The van der Waals surface area contributed by atoms with Gasteiger partial charge in [-0.1, -0.05) is 13.8 Å². The summed E-state index contributed by atoms with van der Waals surface area (Å²) in [4.78, 5) is 30.9. The molecule has 1 fully saturated rings. The number of hydrogen-bond acceptors (Lipinski definition) is 6. The maximum atomic E-state index is 12.9. The molecule has 3 rings (SSSR count). The lowest BCUT2D eigenvalue weighted by Crippen LogP contribution is -2.35. The lowest BCUT2D eigenvalue weighted by Gasteiger charge is -2.21. The molecule has 0 unspecified atom stereocenters. The van der Waals surface area contributed by atoms with Crippen LogP contribution in [-0.4, -0.2) is 51.9 Å². The number of aromatic nitrogens is 3. The normalized spacial score (nSPS) is 15.7. The molecular weight excluding hydrogens is 322 g/mol. The van der Waals surface area contributed by atoms with Crippen LogP contribution in [0.2, 0.25) is 0 Å². The van der Waals surface area contributed by atoms with Gasteiger partial charge in [-0.3, -0.25) is 4.79 Å². The molecule has 0 aliphatic carbocycles. The Morgan fingerprint density at radius 2 is 1.92 bits per heavy atom. The predicted molar refractivity (Wildman–Crippen MR) is 95.7 cm³/mol. The highest BCUT2D eigenvalue weighted by atomic mass is 32.1. The fourth-order valence-corrected chi connectivity index (χ4v) is 3.82. The minimum absolute atomic E-state index is 0.104. The fourth-order valence-electron chi connectivity index (χ4n) is 2.78. The Kier molecular flexibility index (Phi) is 5.08. The van der Waals surface area contributed by atoms with E-state index in [2.05, 4.69) is 33.7 Å². The first-order chi connectivity index (χ1) is 11.6. The number of thiazole rings is 1. The third-order valence-electron chi connectivity index (χ3n) is 4.12. The van der Waals surface area contributed by atoms with Crippen LogP contribution in [0.4, 0.5) is 5.95 Å². The Labute approximate surface area is 146 Å². The van der Waals surface area contributed by atoms with Gasteiger partial charge in [-0.05, 0) is 19.4 Å². The zero-order valence-corrected chi connectivity index (χ0v) is 15.2. The molecule has 0 saturated carbocycles. The molecular formula is C17H23N5OS. The zero-order valence-electron chi connectivity index (χ0n) is 14.4. The Bertz CT molecular complexity index is 700. The van der Waals surface area contributed by atoms with Crippen molar-refractivity contribution in [2.24, 2.45) is 0 Å². The van der Waals surface area contributed by atoms with E-state index in [9.17, 15) is 4.79 Å². The van der Waals surface area contributed by atoms with Gasteiger partial charge in [0, 0.05) is 44.5 Å². The first kappa shape index (κ1) is 16.8. The lowest BCUT2D eigenvalue weighted by molar-refractivity contribution is 0.0771. The number of nitrogens with zero attached hydrogens (tertiary/aromatic N) is 5. The van der Waals surface area contributed by atoms with Crippen molar-refractivity contribution in [1.82, 2.24) is 19.9 Å². The smallest absolute Gasteiger partial charge is 0.265 e. The van der Waals surface area contributed by atoms with Gasteiger partial charge in [-0.25, -0.2) is 15.0 Å². The number of amides is 1. The van der Waals surface area contributed by atoms with Gasteiger partial charge in [0.05, 0.1) is 10.7 Å². The van der Waals surface area contributed by atoms with Crippen LogP contribution in [-0.2, 0) is 0 Å². The van der Waals surface area contributed by atoms with Crippen LogP contribution >= 0.6 is 11.3 Å². The maximum absolute atomic E-state index is 12.9.